The molecule has 0 fully saturated rings. The van der Waals surface area contributed by atoms with Gasteiger partial charge in [-0.3, -0.25) is 0 Å². The monoisotopic (exact) mass is 257 g/mol. The lowest BCUT2D eigenvalue weighted by Crippen LogP contribution is -1.82. The summed E-state index contributed by atoms with van der Waals surface area (Å²) in [6.07, 6.45) is 0. The molecule has 0 amide bonds. The van der Waals surface area contributed by atoms with E-state index >= 15 is 0 Å². The minimum atomic E-state index is 1.21. The molecule has 0 saturated heterocycles. The molecule has 3 rings (SSSR count). The maximum atomic E-state index is 3.26. The standard InChI is InChI=1S/C20H17/c1-15-6-10-17(11-7-15)19-4-3-5-20(14-19)18-12-8-16(2)9-13-18/h4-14H,1-2H3. The summed E-state index contributed by atoms with van der Waals surface area (Å²) in [5.41, 5.74) is 7.47. The second-order valence-corrected chi connectivity index (χ2v) is 5.24. The van der Waals surface area contributed by atoms with Crippen LogP contribution < -0.4 is 0 Å². The molecule has 0 spiro atoms. The van der Waals surface area contributed by atoms with Gasteiger partial charge in [0.25, 0.3) is 0 Å². The van der Waals surface area contributed by atoms with Gasteiger partial charge in [-0.15, -0.1) is 0 Å². The molecule has 1 radical (unpaired) electrons. The summed E-state index contributed by atoms with van der Waals surface area (Å²) >= 11 is 0. The first-order chi connectivity index (χ1) is 9.72. The van der Waals surface area contributed by atoms with E-state index in [4.69, 9.17) is 0 Å². The molecule has 0 aliphatic rings. The van der Waals surface area contributed by atoms with Gasteiger partial charge < -0.3 is 0 Å². The molecule has 0 saturated carbocycles. The normalized spacial score (nSPS) is 10.5. The summed E-state index contributed by atoms with van der Waals surface area (Å²) in [4.78, 5) is 0. The zero-order valence-electron chi connectivity index (χ0n) is 11.9. The highest BCUT2D eigenvalue weighted by atomic mass is 14.1. The quantitative estimate of drug-likeness (QED) is 0.573. The van der Waals surface area contributed by atoms with E-state index in [9.17, 15) is 0 Å². The molecule has 0 N–H and O–H groups in total. The largest absolute Gasteiger partial charge is 0.0587 e. The first-order valence-electron chi connectivity index (χ1n) is 6.87. The fraction of sp³-hybridized carbons (Fsp3) is 0.100. The molecule has 0 bridgehead atoms. The second-order valence-electron chi connectivity index (χ2n) is 5.24. The summed E-state index contributed by atoms with van der Waals surface area (Å²) in [6, 6.07) is 26.8. The third kappa shape index (κ3) is 2.65. The van der Waals surface area contributed by atoms with E-state index in [1.807, 2.05) is 12.1 Å². The molecule has 3 aromatic rings. The molecule has 0 atom stereocenters. The van der Waals surface area contributed by atoms with Crippen molar-refractivity contribution in [1.82, 2.24) is 0 Å². The van der Waals surface area contributed by atoms with Crippen molar-refractivity contribution >= 4 is 0 Å². The summed E-state index contributed by atoms with van der Waals surface area (Å²) in [5, 5.41) is 0. The van der Waals surface area contributed by atoms with Gasteiger partial charge in [0.05, 0.1) is 0 Å². The van der Waals surface area contributed by atoms with E-state index in [0.717, 1.165) is 0 Å². The first kappa shape index (κ1) is 12.7. The molecule has 0 aromatic heterocycles. The summed E-state index contributed by atoms with van der Waals surface area (Å²) in [5.74, 6) is 0. The van der Waals surface area contributed by atoms with E-state index in [-0.39, 0.29) is 0 Å². The third-order valence-corrected chi connectivity index (χ3v) is 3.56. The van der Waals surface area contributed by atoms with Crippen LogP contribution in [0.2, 0.25) is 0 Å². The van der Waals surface area contributed by atoms with Crippen LogP contribution in [-0.2, 0) is 0 Å². The SMILES string of the molecule is Cc1ccc(-c2c[c]cc(-c3ccc(C)cc3)c2)cc1. The van der Waals surface area contributed by atoms with Crippen LogP contribution in [0.4, 0.5) is 0 Å². The van der Waals surface area contributed by atoms with Gasteiger partial charge in [0.1, 0.15) is 0 Å². The van der Waals surface area contributed by atoms with Crippen molar-refractivity contribution < 1.29 is 0 Å². The van der Waals surface area contributed by atoms with Gasteiger partial charge in [0.2, 0.25) is 0 Å². The lowest BCUT2D eigenvalue weighted by atomic mass is 9.98. The van der Waals surface area contributed by atoms with E-state index in [2.05, 4.69) is 74.5 Å². The molecule has 0 aliphatic carbocycles. The molecule has 97 valence electrons. The Bertz CT molecular complexity index is 643. The smallest absolute Gasteiger partial charge is 0.0171 e. The van der Waals surface area contributed by atoms with Gasteiger partial charge in [0, 0.05) is 0 Å². The predicted octanol–water partition coefficient (Wildman–Crippen LogP) is 5.44. The molecule has 0 heterocycles. The fourth-order valence-corrected chi connectivity index (χ4v) is 2.30. The Hall–Kier alpha value is -2.34. The number of benzene rings is 3. The second kappa shape index (κ2) is 5.34. The van der Waals surface area contributed by atoms with Crippen molar-refractivity contribution in [3.05, 3.63) is 83.9 Å². The van der Waals surface area contributed by atoms with Crippen molar-refractivity contribution in [2.45, 2.75) is 13.8 Å². The van der Waals surface area contributed by atoms with E-state index < -0.39 is 0 Å². The summed E-state index contributed by atoms with van der Waals surface area (Å²) in [6.45, 7) is 4.22. The lowest BCUT2D eigenvalue weighted by molar-refractivity contribution is 1.46. The van der Waals surface area contributed by atoms with Crippen LogP contribution in [0, 0.1) is 19.9 Å². The number of rotatable bonds is 2. The Kier molecular flexibility index (Phi) is 3.39. The minimum Gasteiger partial charge on any atom is -0.0587 e. The van der Waals surface area contributed by atoms with Gasteiger partial charge in [0.15, 0.2) is 0 Å². The minimum absolute atomic E-state index is 1.21. The lowest BCUT2D eigenvalue weighted by Gasteiger charge is -2.06. The van der Waals surface area contributed by atoms with E-state index in [1.165, 1.54) is 33.4 Å². The van der Waals surface area contributed by atoms with Crippen LogP contribution in [0.1, 0.15) is 11.1 Å². The van der Waals surface area contributed by atoms with Crippen molar-refractivity contribution in [3.63, 3.8) is 0 Å². The van der Waals surface area contributed by atoms with Gasteiger partial charge in [-0.05, 0) is 60.4 Å². The molecule has 0 heteroatoms. The number of hydrogen-bond donors (Lipinski definition) is 0. The van der Waals surface area contributed by atoms with Gasteiger partial charge >= 0.3 is 0 Å². The Labute approximate surface area is 120 Å². The molecular formula is C20H17. The van der Waals surface area contributed by atoms with Crippen LogP contribution >= 0.6 is 0 Å². The van der Waals surface area contributed by atoms with Gasteiger partial charge in [-0.2, -0.15) is 0 Å². The van der Waals surface area contributed by atoms with Gasteiger partial charge in [-0.1, -0.05) is 59.7 Å². The first-order valence-corrected chi connectivity index (χ1v) is 6.87. The van der Waals surface area contributed by atoms with Crippen LogP contribution in [0.5, 0.6) is 0 Å². The van der Waals surface area contributed by atoms with Crippen molar-refractivity contribution in [2.24, 2.45) is 0 Å². The zero-order chi connectivity index (χ0) is 13.9. The average molecular weight is 257 g/mol. The summed E-state index contributed by atoms with van der Waals surface area (Å²) in [7, 11) is 0. The predicted molar refractivity (Wildman–Crippen MR) is 85.6 cm³/mol. The van der Waals surface area contributed by atoms with E-state index in [1.54, 1.807) is 0 Å². The maximum absolute atomic E-state index is 3.26. The van der Waals surface area contributed by atoms with Crippen LogP contribution in [-0.4, -0.2) is 0 Å². The Morgan fingerprint density at radius 1 is 0.550 bits per heavy atom. The van der Waals surface area contributed by atoms with Gasteiger partial charge in [-0.25, -0.2) is 0 Å². The molecule has 0 nitrogen and oxygen atoms in total. The molecule has 0 aliphatic heterocycles. The topological polar surface area (TPSA) is 0 Å². The van der Waals surface area contributed by atoms with Crippen LogP contribution in [0.3, 0.4) is 0 Å². The molecule has 3 aromatic carbocycles. The van der Waals surface area contributed by atoms with Crippen molar-refractivity contribution in [1.29, 1.82) is 0 Å². The Morgan fingerprint density at radius 2 is 0.950 bits per heavy atom. The Balaban J connectivity index is 2.01. The van der Waals surface area contributed by atoms with Crippen LogP contribution in [0.15, 0.2) is 66.7 Å². The fourth-order valence-electron chi connectivity index (χ4n) is 2.30. The average Bonchev–Trinajstić information content (AvgIpc) is 2.49. The third-order valence-electron chi connectivity index (χ3n) is 3.56. The van der Waals surface area contributed by atoms with Crippen LogP contribution in [0.25, 0.3) is 22.3 Å². The molecule has 0 unspecified atom stereocenters. The maximum Gasteiger partial charge on any atom is -0.0171 e. The highest BCUT2D eigenvalue weighted by Crippen LogP contribution is 2.26. The van der Waals surface area contributed by atoms with Crippen molar-refractivity contribution in [3.8, 4) is 22.3 Å². The highest BCUT2D eigenvalue weighted by Gasteiger charge is 2.01. The number of hydrogen-bond acceptors (Lipinski definition) is 0. The van der Waals surface area contributed by atoms with Crippen molar-refractivity contribution in [2.75, 3.05) is 0 Å². The molecule has 20 heavy (non-hydrogen) atoms. The molecular weight excluding hydrogens is 240 g/mol. The Morgan fingerprint density at radius 3 is 1.35 bits per heavy atom. The highest BCUT2D eigenvalue weighted by molar-refractivity contribution is 5.73. The zero-order valence-corrected chi connectivity index (χ0v) is 11.9. The van der Waals surface area contributed by atoms with E-state index in [0.29, 0.717) is 0 Å². The number of aryl methyl sites for hydroxylation is 2. The summed E-state index contributed by atoms with van der Waals surface area (Å²) < 4.78 is 0.